The number of ketones is 1. The molecule has 0 bridgehead atoms. The second-order valence-corrected chi connectivity index (χ2v) is 9.94. The van der Waals surface area contributed by atoms with Crippen LogP contribution in [0.3, 0.4) is 0 Å². The Balaban J connectivity index is 1.79. The highest BCUT2D eigenvalue weighted by Crippen LogP contribution is 2.49. The summed E-state index contributed by atoms with van der Waals surface area (Å²) in [4.78, 5) is 14.1. The summed E-state index contributed by atoms with van der Waals surface area (Å²) in [5, 5.41) is 30.9. The number of benzene rings is 3. The standard InChI is InChI=1S/C34H36O9/c1-39-29-19-33(43-5)32(42-4)18-25(29)24-8-6-7-23(21-11-14-27(37)31(16-21)41-3)34(24)28(38)17-22(35)12-9-20-10-13-26(36)30(15-20)40-2/h6,8-19,23-24,34-37H,7H2,1-5H3. The van der Waals surface area contributed by atoms with E-state index in [2.05, 4.69) is 0 Å². The first-order valence-electron chi connectivity index (χ1n) is 13.6. The Morgan fingerprint density at radius 1 is 0.767 bits per heavy atom. The Morgan fingerprint density at radius 2 is 1.37 bits per heavy atom. The molecule has 0 saturated heterocycles. The number of phenolic OH excluding ortho intramolecular Hbond substituents is 2. The SMILES string of the molecule is COc1cc(C=CC(O)=CC(=O)C2C(c3cc(OC)c(OC)cc3OC)C=CCC2c2ccc(O)c(OC)c2)ccc1O. The molecule has 0 spiro atoms. The van der Waals surface area contributed by atoms with Crippen LogP contribution < -0.4 is 23.7 Å². The molecule has 3 aromatic carbocycles. The number of aliphatic hydroxyl groups excluding tert-OH is 1. The number of rotatable bonds is 11. The van der Waals surface area contributed by atoms with Crippen molar-refractivity contribution in [3.8, 4) is 40.2 Å². The van der Waals surface area contributed by atoms with Crippen molar-refractivity contribution in [2.45, 2.75) is 18.3 Å². The first kappa shape index (κ1) is 30.9. The number of aliphatic hydroxyl groups is 1. The molecule has 3 aromatic rings. The van der Waals surface area contributed by atoms with Crippen molar-refractivity contribution in [1.82, 2.24) is 0 Å². The minimum absolute atomic E-state index is 0.00604. The van der Waals surface area contributed by atoms with Crippen LogP contribution in [0.25, 0.3) is 6.08 Å². The summed E-state index contributed by atoms with van der Waals surface area (Å²) in [5.41, 5.74) is 2.16. The van der Waals surface area contributed by atoms with Crippen molar-refractivity contribution in [1.29, 1.82) is 0 Å². The minimum atomic E-state index is -0.671. The molecule has 4 rings (SSSR count). The monoisotopic (exact) mass is 588 g/mol. The molecule has 9 heteroatoms. The zero-order valence-corrected chi connectivity index (χ0v) is 24.7. The molecule has 3 atom stereocenters. The van der Waals surface area contributed by atoms with E-state index in [9.17, 15) is 20.1 Å². The normalized spacial score (nSPS) is 18.3. The van der Waals surface area contributed by atoms with Gasteiger partial charge in [-0.3, -0.25) is 4.79 Å². The molecule has 9 nitrogen and oxygen atoms in total. The quantitative estimate of drug-likeness (QED) is 0.102. The van der Waals surface area contributed by atoms with Gasteiger partial charge in [0.2, 0.25) is 0 Å². The van der Waals surface area contributed by atoms with Gasteiger partial charge < -0.3 is 39.0 Å². The predicted octanol–water partition coefficient (Wildman–Crippen LogP) is 6.31. The van der Waals surface area contributed by atoms with Gasteiger partial charge in [0.15, 0.2) is 40.3 Å². The van der Waals surface area contributed by atoms with Crippen LogP contribution in [-0.4, -0.2) is 56.7 Å². The lowest BCUT2D eigenvalue weighted by Gasteiger charge is -2.35. The van der Waals surface area contributed by atoms with E-state index < -0.39 is 11.8 Å². The van der Waals surface area contributed by atoms with Gasteiger partial charge in [0.1, 0.15) is 11.5 Å². The van der Waals surface area contributed by atoms with Gasteiger partial charge in [0.25, 0.3) is 0 Å². The van der Waals surface area contributed by atoms with E-state index in [1.165, 1.54) is 46.7 Å². The number of carbonyl (C=O) groups is 1. The van der Waals surface area contributed by atoms with Gasteiger partial charge in [0, 0.05) is 29.5 Å². The molecule has 0 aliphatic heterocycles. The van der Waals surface area contributed by atoms with Crippen molar-refractivity contribution in [3.05, 3.63) is 95.3 Å². The number of carbonyl (C=O) groups excluding carboxylic acids is 1. The zero-order chi connectivity index (χ0) is 31.1. The van der Waals surface area contributed by atoms with Crippen LogP contribution >= 0.6 is 0 Å². The van der Waals surface area contributed by atoms with Crippen LogP contribution in [-0.2, 0) is 4.79 Å². The van der Waals surface area contributed by atoms with Crippen molar-refractivity contribution < 1.29 is 43.8 Å². The second kappa shape index (κ2) is 13.7. The molecule has 0 aromatic heterocycles. The first-order valence-corrected chi connectivity index (χ1v) is 13.6. The molecule has 43 heavy (non-hydrogen) atoms. The van der Waals surface area contributed by atoms with Crippen LogP contribution in [0.2, 0.25) is 0 Å². The molecule has 0 amide bonds. The number of aromatic hydroxyl groups is 2. The number of phenols is 2. The van der Waals surface area contributed by atoms with Gasteiger partial charge in [-0.05, 0) is 59.9 Å². The maximum absolute atomic E-state index is 14.1. The average Bonchev–Trinajstić information content (AvgIpc) is 3.03. The predicted molar refractivity (Wildman–Crippen MR) is 163 cm³/mol. The average molecular weight is 589 g/mol. The van der Waals surface area contributed by atoms with Gasteiger partial charge in [-0.2, -0.15) is 0 Å². The molecule has 1 aliphatic rings. The summed E-state index contributed by atoms with van der Waals surface area (Å²) >= 11 is 0. The third-order valence-electron chi connectivity index (χ3n) is 7.55. The molecule has 0 saturated carbocycles. The van der Waals surface area contributed by atoms with Crippen LogP contribution in [0.15, 0.2) is 78.6 Å². The fourth-order valence-corrected chi connectivity index (χ4v) is 5.41. The molecule has 0 radical (unpaired) electrons. The molecular weight excluding hydrogens is 552 g/mol. The Bertz CT molecular complexity index is 1550. The highest BCUT2D eigenvalue weighted by Gasteiger charge is 2.39. The molecule has 1 aliphatic carbocycles. The minimum Gasteiger partial charge on any atom is -0.508 e. The van der Waals surface area contributed by atoms with Crippen molar-refractivity contribution in [2.75, 3.05) is 35.5 Å². The highest BCUT2D eigenvalue weighted by atomic mass is 16.5. The smallest absolute Gasteiger partial charge is 0.164 e. The van der Waals surface area contributed by atoms with E-state index in [1.54, 1.807) is 55.7 Å². The van der Waals surface area contributed by atoms with Crippen LogP contribution in [0, 0.1) is 5.92 Å². The van der Waals surface area contributed by atoms with Crippen LogP contribution in [0.5, 0.6) is 40.2 Å². The second-order valence-electron chi connectivity index (χ2n) is 9.94. The summed E-state index contributed by atoms with van der Waals surface area (Å²) in [6.07, 6.45) is 8.74. The highest BCUT2D eigenvalue weighted by molar-refractivity contribution is 5.94. The van der Waals surface area contributed by atoms with Crippen LogP contribution in [0.1, 0.15) is 34.9 Å². The van der Waals surface area contributed by atoms with Gasteiger partial charge in [-0.25, -0.2) is 0 Å². The topological polar surface area (TPSA) is 124 Å². The number of ether oxygens (including phenoxy) is 5. The Morgan fingerprint density at radius 3 is 2.02 bits per heavy atom. The van der Waals surface area contributed by atoms with Crippen molar-refractivity contribution in [3.63, 3.8) is 0 Å². The third kappa shape index (κ3) is 6.72. The first-order chi connectivity index (χ1) is 20.7. The fourth-order valence-electron chi connectivity index (χ4n) is 5.41. The van der Waals surface area contributed by atoms with E-state index in [1.807, 2.05) is 12.2 Å². The molecule has 3 N–H and O–H groups in total. The largest absolute Gasteiger partial charge is 0.508 e. The number of hydrogen-bond donors (Lipinski definition) is 3. The summed E-state index contributed by atoms with van der Waals surface area (Å²) in [7, 11) is 7.53. The maximum atomic E-state index is 14.1. The number of methoxy groups -OCH3 is 5. The van der Waals surface area contributed by atoms with E-state index in [0.29, 0.717) is 40.5 Å². The Hall–Kier alpha value is -5.05. The lowest BCUT2D eigenvalue weighted by Crippen LogP contribution is -2.29. The zero-order valence-electron chi connectivity index (χ0n) is 24.7. The molecular formula is C34H36O9. The molecule has 0 heterocycles. The summed E-state index contributed by atoms with van der Waals surface area (Å²) in [6, 6.07) is 13.3. The van der Waals surface area contributed by atoms with Gasteiger partial charge in [0.05, 0.1) is 35.5 Å². The Labute approximate surface area is 250 Å². The van der Waals surface area contributed by atoms with E-state index in [4.69, 9.17) is 23.7 Å². The van der Waals surface area contributed by atoms with E-state index in [0.717, 1.165) is 5.56 Å². The fraction of sp³-hybridized carbons (Fsp3) is 0.265. The molecule has 0 fully saturated rings. The third-order valence-corrected chi connectivity index (χ3v) is 7.55. The summed E-state index contributed by atoms with van der Waals surface area (Å²) in [6.45, 7) is 0. The summed E-state index contributed by atoms with van der Waals surface area (Å²) < 4.78 is 27.2. The molecule has 3 unspecified atom stereocenters. The van der Waals surface area contributed by atoms with Gasteiger partial charge in [-0.15, -0.1) is 0 Å². The van der Waals surface area contributed by atoms with Gasteiger partial charge in [-0.1, -0.05) is 30.4 Å². The molecule has 226 valence electrons. The van der Waals surface area contributed by atoms with Gasteiger partial charge >= 0.3 is 0 Å². The van der Waals surface area contributed by atoms with E-state index >= 15 is 0 Å². The summed E-state index contributed by atoms with van der Waals surface area (Å²) in [5.74, 6) is 0.0362. The lowest BCUT2D eigenvalue weighted by atomic mass is 9.68. The number of hydrogen-bond acceptors (Lipinski definition) is 9. The number of allylic oxidation sites excluding steroid dienone is 4. The van der Waals surface area contributed by atoms with Crippen molar-refractivity contribution >= 4 is 11.9 Å². The van der Waals surface area contributed by atoms with Crippen molar-refractivity contribution in [2.24, 2.45) is 5.92 Å². The Kier molecular flexibility index (Phi) is 9.87. The van der Waals surface area contributed by atoms with E-state index in [-0.39, 0.29) is 34.7 Å². The maximum Gasteiger partial charge on any atom is 0.164 e. The van der Waals surface area contributed by atoms with Crippen LogP contribution in [0.4, 0.5) is 0 Å². The lowest BCUT2D eigenvalue weighted by molar-refractivity contribution is -0.119.